The van der Waals surface area contributed by atoms with Gasteiger partial charge < -0.3 is 14.6 Å². The van der Waals surface area contributed by atoms with Crippen LogP contribution in [0.4, 0.5) is 22.0 Å². The number of aliphatic hydroxyl groups is 1. The van der Waals surface area contributed by atoms with Gasteiger partial charge in [-0.1, -0.05) is 6.58 Å². The Labute approximate surface area is 169 Å². The molecule has 4 bridgehead atoms. The van der Waals surface area contributed by atoms with Crippen molar-refractivity contribution in [2.75, 3.05) is 0 Å². The van der Waals surface area contributed by atoms with Gasteiger partial charge in [0.05, 0.1) is 0 Å². The van der Waals surface area contributed by atoms with Crippen molar-refractivity contribution in [2.45, 2.75) is 68.5 Å². The molecule has 4 rings (SSSR count). The highest BCUT2D eigenvalue weighted by Gasteiger charge is 2.71. The van der Waals surface area contributed by atoms with Crippen LogP contribution in [0.1, 0.15) is 39.0 Å². The molecule has 7 nitrogen and oxygen atoms in total. The summed E-state index contributed by atoms with van der Waals surface area (Å²) in [5.74, 6) is -1.33. The van der Waals surface area contributed by atoms with Crippen LogP contribution < -0.4 is 0 Å². The highest BCUT2D eigenvalue weighted by molar-refractivity contribution is 7.86. The summed E-state index contributed by atoms with van der Waals surface area (Å²) in [6.07, 6.45) is -11.5. The van der Waals surface area contributed by atoms with Crippen molar-refractivity contribution in [3.8, 4) is 0 Å². The van der Waals surface area contributed by atoms with Crippen molar-refractivity contribution < 1.29 is 54.3 Å². The van der Waals surface area contributed by atoms with Gasteiger partial charge in [0, 0.05) is 11.0 Å². The molecule has 6 unspecified atom stereocenters. The molecule has 0 saturated heterocycles. The molecule has 4 aliphatic rings. The van der Waals surface area contributed by atoms with E-state index in [-0.39, 0.29) is 30.8 Å². The van der Waals surface area contributed by atoms with Gasteiger partial charge in [-0.3, -0.25) is 4.55 Å². The van der Waals surface area contributed by atoms with Gasteiger partial charge in [-0.05, 0) is 50.9 Å². The molecule has 6 atom stereocenters. The van der Waals surface area contributed by atoms with Crippen LogP contribution in [0, 0.1) is 17.3 Å². The Morgan fingerprint density at radius 3 is 2.30 bits per heavy atom. The molecule has 0 amide bonds. The van der Waals surface area contributed by atoms with E-state index in [0.717, 1.165) is 0 Å². The molecule has 4 saturated carbocycles. The minimum atomic E-state index is -6.49. The van der Waals surface area contributed by atoms with Crippen LogP contribution in [-0.2, 0) is 24.4 Å². The van der Waals surface area contributed by atoms with Crippen LogP contribution in [0.3, 0.4) is 0 Å². The second-order valence-corrected chi connectivity index (χ2v) is 10.1. The molecule has 0 aliphatic heterocycles. The van der Waals surface area contributed by atoms with E-state index in [0.29, 0.717) is 12.8 Å². The number of halogens is 5. The van der Waals surface area contributed by atoms with E-state index in [1.165, 1.54) is 6.92 Å². The molecule has 0 spiro atoms. The fourth-order valence-corrected chi connectivity index (χ4v) is 5.89. The van der Waals surface area contributed by atoms with Gasteiger partial charge in [0.25, 0.3) is 0 Å². The summed E-state index contributed by atoms with van der Waals surface area (Å²) in [6, 6.07) is 0. The lowest BCUT2D eigenvalue weighted by Gasteiger charge is -2.42. The Kier molecular flexibility index (Phi) is 5.33. The third-order valence-electron chi connectivity index (χ3n) is 6.39. The van der Waals surface area contributed by atoms with Gasteiger partial charge >= 0.3 is 27.5 Å². The van der Waals surface area contributed by atoms with Gasteiger partial charge in [0.1, 0.15) is 5.60 Å². The molecule has 172 valence electrons. The predicted octanol–water partition coefficient (Wildman–Crippen LogP) is 2.80. The molecule has 0 radical (unpaired) electrons. The van der Waals surface area contributed by atoms with E-state index in [1.807, 2.05) is 0 Å². The SMILES string of the molecule is C=C(C)C(=O)OC12CC3CC(C1)C(C(O)OC(C(F)(F)F)C(F)(F)S(=O)(=O)O)(C3)C2. The quantitative estimate of drug-likeness (QED) is 0.196. The predicted molar refractivity (Wildman–Crippen MR) is 89.6 cm³/mol. The summed E-state index contributed by atoms with van der Waals surface area (Å²) in [5, 5.41) is 4.75. The maximum Gasteiger partial charge on any atom is 0.421 e. The van der Waals surface area contributed by atoms with Crippen molar-refractivity contribution in [1.82, 2.24) is 0 Å². The Bertz CT molecular complexity index is 857. The van der Waals surface area contributed by atoms with Crippen molar-refractivity contribution >= 4 is 16.1 Å². The zero-order valence-corrected chi connectivity index (χ0v) is 16.6. The molecule has 13 heteroatoms. The molecule has 4 aliphatic carbocycles. The number of esters is 1. The van der Waals surface area contributed by atoms with Crippen molar-refractivity contribution in [1.29, 1.82) is 0 Å². The number of carbonyl (C=O) groups excluding carboxylic acids is 1. The number of carbonyl (C=O) groups is 1. The molecule has 2 N–H and O–H groups in total. The maximum atomic E-state index is 13.8. The molecule has 30 heavy (non-hydrogen) atoms. The summed E-state index contributed by atoms with van der Waals surface area (Å²) in [5.41, 5.74) is -2.41. The van der Waals surface area contributed by atoms with Crippen LogP contribution in [-0.4, -0.2) is 53.5 Å². The fraction of sp³-hybridized carbons (Fsp3) is 0.824. The van der Waals surface area contributed by atoms with E-state index in [9.17, 15) is 40.3 Å². The number of hydrogen-bond acceptors (Lipinski definition) is 6. The summed E-state index contributed by atoms with van der Waals surface area (Å²) in [7, 11) is -6.49. The molecular weight excluding hydrogens is 443 g/mol. The number of hydrogen-bond donors (Lipinski definition) is 2. The van der Waals surface area contributed by atoms with Gasteiger partial charge in [0.15, 0.2) is 6.29 Å². The van der Waals surface area contributed by atoms with Crippen molar-refractivity contribution in [3.63, 3.8) is 0 Å². The first-order valence-electron chi connectivity index (χ1n) is 9.07. The lowest BCUT2D eigenvalue weighted by molar-refractivity contribution is -0.322. The summed E-state index contributed by atoms with van der Waals surface area (Å²) < 4.78 is 107. The lowest BCUT2D eigenvalue weighted by atomic mass is 9.73. The number of rotatable bonds is 7. The Morgan fingerprint density at radius 1 is 1.20 bits per heavy atom. The summed E-state index contributed by atoms with van der Waals surface area (Å²) in [4.78, 5) is 12.0. The minimum Gasteiger partial charge on any atom is -0.456 e. The van der Waals surface area contributed by atoms with E-state index < -0.39 is 56.8 Å². The largest absolute Gasteiger partial charge is 0.456 e. The normalized spacial score (nSPS) is 35.3. The van der Waals surface area contributed by atoms with E-state index in [4.69, 9.17) is 9.29 Å². The smallest absolute Gasteiger partial charge is 0.421 e. The topological polar surface area (TPSA) is 110 Å². The molecular formula is C17H21F5O7S. The number of aliphatic hydroxyl groups excluding tert-OH is 1. The van der Waals surface area contributed by atoms with E-state index >= 15 is 0 Å². The second-order valence-electron chi connectivity index (χ2n) is 8.62. The molecule has 0 aromatic carbocycles. The lowest BCUT2D eigenvalue weighted by Crippen LogP contribution is -2.55. The van der Waals surface area contributed by atoms with Crippen LogP contribution in [0.25, 0.3) is 0 Å². The van der Waals surface area contributed by atoms with Crippen LogP contribution in [0.15, 0.2) is 12.2 Å². The maximum absolute atomic E-state index is 13.8. The standard InChI is InChI=1S/C17H21F5O7S/c1-8(2)11(23)29-14-4-9-3-10(6-14)15(5-9,7-14)13(24)28-12(16(18,19)20)17(21,22)30(25,26)27/h9-10,12-13,24H,1,3-7H2,2H3,(H,25,26,27). The van der Waals surface area contributed by atoms with E-state index in [2.05, 4.69) is 11.3 Å². The first-order chi connectivity index (χ1) is 13.4. The zero-order chi connectivity index (χ0) is 22.9. The van der Waals surface area contributed by atoms with Crippen LogP contribution in [0.2, 0.25) is 0 Å². The van der Waals surface area contributed by atoms with Gasteiger partial charge in [-0.15, -0.1) is 0 Å². The zero-order valence-electron chi connectivity index (χ0n) is 15.8. The van der Waals surface area contributed by atoms with E-state index in [1.54, 1.807) is 0 Å². The monoisotopic (exact) mass is 464 g/mol. The van der Waals surface area contributed by atoms with Crippen molar-refractivity contribution in [2.24, 2.45) is 17.3 Å². The Balaban J connectivity index is 1.88. The third-order valence-corrected chi connectivity index (χ3v) is 7.29. The third kappa shape index (κ3) is 3.63. The van der Waals surface area contributed by atoms with Crippen LogP contribution >= 0.6 is 0 Å². The molecule has 4 fully saturated rings. The molecule has 0 heterocycles. The first kappa shape index (κ1) is 23.4. The molecule has 0 aromatic heterocycles. The fourth-order valence-electron chi connectivity index (χ4n) is 5.43. The number of ether oxygens (including phenoxy) is 2. The molecule has 0 aromatic rings. The Morgan fingerprint density at radius 2 is 1.80 bits per heavy atom. The Hall–Kier alpha value is -1.31. The highest BCUT2D eigenvalue weighted by Crippen LogP contribution is 2.69. The average Bonchev–Trinajstić information content (AvgIpc) is 2.93. The van der Waals surface area contributed by atoms with Crippen LogP contribution in [0.5, 0.6) is 0 Å². The van der Waals surface area contributed by atoms with Gasteiger partial charge in [-0.25, -0.2) is 4.79 Å². The average molecular weight is 464 g/mol. The highest BCUT2D eigenvalue weighted by atomic mass is 32.2. The minimum absolute atomic E-state index is 0.0999. The summed E-state index contributed by atoms with van der Waals surface area (Å²) in [6.45, 7) is 4.87. The second kappa shape index (κ2) is 6.84. The van der Waals surface area contributed by atoms with Gasteiger partial charge in [-0.2, -0.15) is 30.4 Å². The van der Waals surface area contributed by atoms with Gasteiger partial charge in [0.2, 0.25) is 6.10 Å². The number of alkyl halides is 5. The first-order valence-corrected chi connectivity index (χ1v) is 10.5. The van der Waals surface area contributed by atoms with Crippen molar-refractivity contribution in [3.05, 3.63) is 12.2 Å². The summed E-state index contributed by atoms with van der Waals surface area (Å²) >= 11 is 0.